The van der Waals surface area contributed by atoms with Crippen LogP contribution < -0.4 is 0 Å². The Bertz CT molecular complexity index is 327. The summed E-state index contributed by atoms with van der Waals surface area (Å²) in [6.07, 6.45) is -5.62. The summed E-state index contributed by atoms with van der Waals surface area (Å²) in [6.45, 7) is -0.655. The third-order valence-electron chi connectivity index (χ3n) is 1.84. The summed E-state index contributed by atoms with van der Waals surface area (Å²) in [4.78, 5) is 0. The lowest BCUT2D eigenvalue weighted by Crippen LogP contribution is -2.33. The topological polar surface area (TPSA) is 19.9 Å². The molecule has 1 radical (unpaired) electrons. The number of halogens is 5. The number of hydrogen-bond donors (Lipinski definition) is 0. The van der Waals surface area contributed by atoms with E-state index in [1.807, 2.05) is 0 Å². The van der Waals surface area contributed by atoms with Gasteiger partial charge < -0.3 is 0 Å². The number of benzene rings is 1. The fourth-order valence-electron chi connectivity index (χ4n) is 0.974. The molecule has 0 N–H and O–H groups in total. The smallest absolute Gasteiger partial charge is 0.232 e. The van der Waals surface area contributed by atoms with E-state index in [4.69, 9.17) is 0 Å². The fraction of sp³-hybridized carbons (Fsp3) is 0.333. The third-order valence-corrected chi connectivity index (χ3v) is 1.84. The molecule has 0 aromatic heterocycles. The molecule has 0 unspecified atom stereocenters. The zero-order valence-corrected chi connectivity index (χ0v) is 7.31. The van der Waals surface area contributed by atoms with Crippen LogP contribution in [0.25, 0.3) is 0 Å². The molecule has 0 aliphatic heterocycles. The molecule has 0 aliphatic carbocycles. The highest BCUT2D eigenvalue weighted by atomic mass is 19.4. The van der Waals surface area contributed by atoms with Crippen molar-refractivity contribution in [3.05, 3.63) is 35.4 Å². The van der Waals surface area contributed by atoms with Crippen LogP contribution in [0.15, 0.2) is 24.3 Å². The molecule has 1 aromatic carbocycles. The van der Waals surface area contributed by atoms with E-state index in [9.17, 15) is 27.1 Å². The van der Waals surface area contributed by atoms with Crippen molar-refractivity contribution in [1.29, 1.82) is 0 Å². The predicted molar refractivity (Wildman–Crippen MR) is 40.8 cm³/mol. The Morgan fingerprint density at radius 1 is 0.933 bits per heavy atom. The number of alkyl halides is 5. The van der Waals surface area contributed by atoms with Crippen LogP contribution in [0.3, 0.4) is 0 Å². The molecular weight excluding hydrogens is 219 g/mol. The Labute approximate surface area is 82.1 Å². The van der Waals surface area contributed by atoms with Crippen molar-refractivity contribution in [2.24, 2.45) is 0 Å². The molecule has 0 heterocycles. The van der Waals surface area contributed by atoms with Gasteiger partial charge in [-0.25, -0.2) is 5.11 Å². The summed E-state index contributed by atoms with van der Waals surface area (Å²) in [5.74, 6) is -4.88. The Morgan fingerprint density at radius 3 is 1.73 bits per heavy atom. The summed E-state index contributed by atoms with van der Waals surface area (Å²) in [7, 11) is 0. The van der Waals surface area contributed by atoms with Gasteiger partial charge in [0.15, 0.2) is 0 Å². The van der Waals surface area contributed by atoms with Crippen LogP contribution >= 0.6 is 0 Å². The summed E-state index contributed by atoms with van der Waals surface area (Å²) < 4.78 is 61.1. The van der Waals surface area contributed by atoms with Gasteiger partial charge in [0.25, 0.3) is 0 Å². The Kier molecular flexibility index (Phi) is 2.99. The first-order chi connectivity index (χ1) is 6.79. The first-order valence-corrected chi connectivity index (χ1v) is 3.91. The second kappa shape index (κ2) is 3.77. The lowest BCUT2D eigenvalue weighted by atomic mass is 10.1. The molecule has 1 rings (SSSR count). The Hall–Kier alpha value is -1.17. The molecule has 0 fully saturated rings. The largest absolute Gasteiger partial charge is 0.458 e. The van der Waals surface area contributed by atoms with E-state index in [0.717, 1.165) is 12.1 Å². The molecule has 0 atom stereocenters. The zero-order chi connectivity index (χ0) is 11.7. The van der Waals surface area contributed by atoms with Crippen LogP contribution in [-0.2, 0) is 17.6 Å². The fourth-order valence-corrected chi connectivity index (χ4v) is 0.974. The van der Waals surface area contributed by atoms with E-state index in [1.54, 1.807) is 0 Å². The van der Waals surface area contributed by atoms with Gasteiger partial charge in [-0.05, 0) is 5.56 Å². The van der Waals surface area contributed by atoms with Crippen molar-refractivity contribution < 1.29 is 27.1 Å². The Morgan fingerprint density at radius 2 is 1.40 bits per heavy atom. The normalized spacial score (nSPS) is 12.9. The van der Waals surface area contributed by atoms with Gasteiger partial charge in [0, 0.05) is 5.56 Å². The number of hydrogen-bond acceptors (Lipinski definition) is 0. The molecular formula is C9H6F5O. The van der Waals surface area contributed by atoms with Crippen LogP contribution in [-0.4, -0.2) is 6.18 Å². The van der Waals surface area contributed by atoms with Gasteiger partial charge in [-0.3, -0.25) is 0 Å². The quantitative estimate of drug-likeness (QED) is 0.688. The van der Waals surface area contributed by atoms with Crippen molar-refractivity contribution in [3.8, 4) is 0 Å². The minimum atomic E-state index is -5.62. The summed E-state index contributed by atoms with van der Waals surface area (Å²) in [5.41, 5.74) is -0.996. The van der Waals surface area contributed by atoms with Gasteiger partial charge in [-0.1, -0.05) is 24.3 Å². The molecule has 0 saturated heterocycles. The number of rotatable bonds is 2. The molecule has 0 aliphatic rings. The van der Waals surface area contributed by atoms with E-state index in [2.05, 4.69) is 0 Å². The van der Waals surface area contributed by atoms with Gasteiger partial charge in [0.1, 0.15) is 6.61 Å². The van der Waals surface area contributed by atoms with Crippen LogP contribution in [0.4, 0.5) is 22.0 Å². The monoisotopic (exact) mass is 225 g/mol. The van der Waals surface area contributed by atoms with Crippen molar-refractivity contribution in [1.82, 2.24) is 0 Å². The maximum Gasteiger partial charge on any atom is 0.458 e. The van der Waals surface area contributed by atoms with Crippen molar-refractivity contribution >= 4 is 0 Å². The minimum absolute atomic E-state index is 0.164. The van der Waals surface area contributed by atoms with Crippen LogP contribution in [0.1, 0.15) is 11.1 Å². The standard InChI is InChI=1S/C9H6F5O/c10-8(11,9(12,13)14)7-3-1-6(5-15)2-4-7/h1-4H,5H2. The highest BCUT2D eigenvalue weighted by Crippen LogP contribution is 2.43. The van der Waals surface area contributed by atoms with Crippen LogP contribution in [0.5, 0.6) is 0 Å². The van der Waals surface area contributed by atoms with Crippen LogP contribution in [0, 0.1) is 0 Å². The minimum Gasteiger partial charge on any atom is -0.232 e. The molecule has 6 heteroatoms. The zero-order valence-electron chi connectivity index (χ0n) is 7.31. The third kappa shape index (κ3) is 2.26. The molecule has 1 aromatic rings. The molecule has 83 valence electrons. The van der Waals surface area contributed by atoms with Gasteiger partial charge in [-0.15, -0.1) is 0 Å². The summed E-state index contributed by atoms with van der Waals surface area (Å²) in [6, 6.07) is 3.14. The summed E-state index contributed by atoms with van der Waals surface area (Å²) in [5, 5.41) is 10.3. The van der Waals surface area contributed by atoms with Gasteiger partial charge in [-0.2, -0.15) is 22.0 Å². The first-order valence-electron chi connectivity index (χ1n) is 3.91. The predicted octanol–water partition coefficient (Wildman–Crippen LogP) is 3.27. The van der Waals surface area contributed by atoms with E-state index in [-0.39, 0.29) is 5.56 Å². The molecule has 0 amide bonds. The average molecular weight is 225 g/mol. The van der Waals surface area contributed by atoms with Crippen molar-refractivity contribution in [2.45, 2.75) is 18.7 Å². The second-order valence-electron chi connectivity index (χ2n) is 2.91. The average Bonchev–Trinajstić information content (AvgIpc) is 2.16. The second-order valence-corrected chi connectivity index (χ2v) is 2.91. The SMILES string of the molecule is [O]Cc1ccc(C(F)(F)C(F)(F)F)cc1. The van der Waals surface area contributed by atoms with Crippen molar-refractivity contribution in [3.63, 3.8) is 0 Å². The Balaban J connectivity index is 3.06. The first kappa shape index (κ1) is 11.9. The lowest BCUT2D eigenvalue weighted by molar-refractivity contribution is -0.289. The maximum absolute atomic E-state index is 12.7. The van der Waals surface area contributed by atoms with E-state index >= 15 is 0 Å². The molecule has 0 spiro atoms. The molecule has 0 bridgehead atoms. The van der Waals surface area contributed by atoms with E-state index < -0.39 is 24.3 Å². The maximum atomic E-state index is 12.7. The van der Waals surface area contributed by atoms with E-state index in [0.29, 0.717) is 12.1 Å². The van der Waals surface area contributed by atoms with Crippen LogP contribution in [0.2, 0.25) is 0 Å². The van der Waals surface area contributed by atoms with Crippen molar-refractivity contribution in [2.75, 3.05) is 0 Å². The highest BCUT2D eigenvalue weighted by molar-refractivity contribution is 5.26. The highest BCUT2D eigenvalue weighted by Gasteiger charge is 2.58. The van der Waals surface area contributed by atoms with E-state index in [1.165, 1.54) is 0 Å². The molecule has 0 saturated carbocycles. The van der Waals surface area contributed by atoms with Gasteiger partial charge >= 0.3 is 12.1 Å². The van der Waals surface area contributed by atoms with Gasteiger partial charge in [0.05, 0.1) is 0 Å². The lowest BCUT2D eigenvalue weighted by Gasteiger charge is -2.19. The van der Waals surface area contributed by atoms with Gasteiger partial charge in [0.2, 0.25) is 0 Å². The summed E-state index contributed by atoms with van der Waals surface area (Å²) >= 11 is 0. The molecule has 1 nitrogen and oxygen atoms in total. The molecule has 15 heavy (non-hydrogen) atoms.